The molecule has 0 atom stereocenters. The highest BCUT2D eigenvalue weighted by Crippen LogP contribution is 2.26. The van der Waals surface area contributed by atoms with Gasteiger partial charge in [0.25, 0.3) is 5.91 Å². The van der Waals surface area contributed by atoms with Crippen molar-refractivity contribution in [2.24, 2.45) is 0 Å². The van der Waals surface area contributed by atoms with Gasteiger partial charge in [0.15, 0.2) is 11.5 Å². The van der Waals surface area contributed by atoms with E-state index in [2.05, 4.69) is 21.4 Å². The maximum absolute atomic E-state index is 15.0. The van der Waals surface area contributed by atoms with Crippen molar-refractivity contribution in [1.29, 1.82) is 0 Å². The fourth-order valence-electron chi connectivity index (χ4n) is 4.19. The summed E-state index contributed by atoms with van der Waals surface area (Å²) in [6, 6.07) is 15.5. The monoisotopic (exact) mass is 485 g/mol. The number of rotatable bonds is 7. The van der Waals surface area contributed by atoms with E-state index in [1.807, 2.05) is 43.3 Å². The van der Waals surface area contributed by atoms with E-state index in [4.69, 9.17) is 0 Å². The smallest absolute Gasteiger partial charge is 0.254 e. The zero-order chi connectivity index (χ0) is 25.2. The molecule has 1 amide bonds. The Hall–Kier alpha value is -4.17. The van der Waals surface area contributed by atoms with Gasteiger partial charge in [-0.3, -0.25) is 9.78 Å². The van der Waals surface area contributed by atoms with E-state index in [9.17, 15) is 13.6 Å². The molecular weight excluding hydrogens is 460 g/mol. The first-order valence-corrected chi connectivity index (χ1v) is 11.6. The Morgan fingerprint density at radius 1 is 1.00 bits per heavy atom. The first kappa shape index (κ1) is 23.6. The molecule has 0 bridgehead atoms. The number of carbonyl (C=O) groups is 1. The molecule has 5 rings (SSSR count). The van der Waals surface area contributed by atoms with E-state index in [1.54, 1.807) is 29.1 Å². The molecular formula is C28H25F2N5O. The normalized spacial score (nSPS) is 11.5. The minimum absolute atomic E-state index is 0.0480. The highest BCUT2D eigenvalue weighted by atomic mass is 19.1. The number of nitrogens with zero attached hydrogens (tertiary/aromatic N) is 4. The van der Waals surface area contributed by atoms with E-state index >= 15 is 0 Å². The highest BCUT2D eigenvalue weighted by molar-refractivity contribution is 5.95. The van der Waals surface area contributed by atoms with Crippen LogP contribution in [0.25, 0.3) is 27.7 Å². The molecule has 0 saturated heterocycles. The summed E-state index contributed by atoms with van der Waals surface area (Å²) in [6.07, 6.45) is 5.69. The number of imidazole rings is 1. The summed E-state index contributed by atoms with van der Waals surface area (Å²) in [6.45, 7) is 1.06. The van der Waals surface area contributed by atoms with Crippen LogP contribution in [0, 0.1) is 11.6 Å². The Labute approximate surface area is 207 Å². The number of fused-ring (bicyclic) bond motifs is 2. The Balaban J connectivity index is 1.43. The molecule has 0 fully saturated rings. The number of pyridine rings is 2. The topological polar surface area (TPSA) is 62.5 Å². The Kier molecular flexibility index (Phi) is 6.43. The summed E-state index contributed by atoms with van der Waals surface area (Å²) in [7, 11) is 3.78. The van der Waals surface area contributed by atoms with Crippen molar-refractivity contribution in [2.75, 3.05) is 27.2 Å². The molecule has 3 aromatic heterocycles. The van der Waals surface area contributed by atoms with E-state index in [0.29, 0.717) is 30.6 Å². The number of hydrogen-bond donors (Lipinski definition) is 1. The number of halogens is 2. The van der Waals surface area contributed by atoms with Crippen molar-refractivity contribution >= 4 is 22.5 Å². The van der Waals surface area contributed by atoms with Gasteiger partial charge in [-0.05, 0) is 61.6 Å². The molecule has 182 valence electrons. The lowest BCUT2D eigenvalue weighted by Crippen LogP contribution is -2.31. The average Bonchev–Trinajstić information content (AvgIpc) is 3.26. The standard InChI is InChI=1S/C28H25F2N5O/c1-34(2)11-10-32-28(36)23-7-6-19(14-24(23)29)21-15-25(30)27-33-16-22(35(27)17-21)13-18-5-8-26-20(12-18)4-3-9-31-26/h3-9,12,14-17H,10-11,13H2,1-2H3,(H,32,36). The number of hydrogen-bond acceptors (Lipinski definition) is 4. The summed E-state index contributed by atoms with van der Waals surface area (Å²) in [4.78, 5) is 22.9. The molecule has 0 spiro atoms. The van der Waals surface area contributed by atoms with Crippen molar-refractivity contribution in [2.45, 2.75) is 6.42 Å². The van der Waals surface area contributed by atoms with Crippen molar-refractivity contribution < 1.29 is 13.6 Å². The molecule has 0 aliphatic carbocycles. The van der Waals surface area contributed by atoms with Gasteiger partial charge in [-0.1, -0.05) is 18.2 Å². The number of benzene rings is 2. The van der Waals surface area contributed by atoms with Crippen molar-refractivity contribution in [1.82, 2.24) is 24.6 Å². The second kappa shape index (κ2) is 9.83. The number of aromatic nitrogens is 3. The average molecular weight is 486 g/mol. The van der Waals surface area contributed by atoms with Crippen molar-refractivity contribution in [3.05, 3.63) is 102 Å². The summed E-state index contributed by atoms with van der Waals surface area (Å²) in [5, 5.41) is 3.73. The molecule has 0 saturated carbocycles. The predicted octanol–water partition coefficient (Wildman–Crippen LogP) is 4.71. The second-order valence-electron chi connectivity index (χ2n) is 8.98. The maximum atomic E-state index is 15.0. The molecule has 5 aromatic rings. The molecule has 0 aliphatic heterocycles. The molecule has 1 N–H and O–H groups in total. The van der Waals surface area contributed by atoms with Crippen LogP contribution in [-0.2, 0) is 6.42 Å². The van der Waals surface area contributed by atoms with Gasteiger partial charge in [-0.25, -0.2) is 13.8 Å². The molecule has 0 radical (unpaired) electrons. The van der Waals surface area contributed by atoms with Crippen LogP contribution in [0.15, 0.2) is 73.2 Å². The van der Waals surface area contributed by atoms with E-state index < -0.39 is 17.5 Å². The summed E-state index contributed by atoms with van der Waals surface area (Å²) in [5.41, 5.74) is 3.85. The van der Waals surface area contributed by atoms with Crippen LogP contribution in [0.4, 0.5) is 8.78 Å². The molecule has 8 heteroatoms. The lowest BCUT2D eigenvalue weighted by Gasteiger charge is -2.12. The van der Waals surface area contributed by atoms with Crippen molar-refractivity contribution in [3.8, 4) is 11.1 Å². The van der Waals surface area contributed by atoms with Gasteiger partial charge in [-0.15, -0.1) is 0 Å². The number of amides is 1. The van der Waals surface area contributed by atoms with Gasteiger partial charge in [0.05, 0.1) is 11.1 Å². The van der Waals surface area contributed by atoms with Gasteiger partial charge in [0.2, 0.25) is 0 Å². The van der Waals surface area contributed by atoms with E-state index in [0.717, 1.165) is 22.2 Å². The Bertz CT molecular complexity index is 1580. The van der Waals surface area contributed by atoms with Crippen LogP contribution < -0.4 is 5.32 Å². The molecule has 36 heavy (non-hydrogen) atoms. The zero-order valence-corrected chi connectivity index (χ0v) is 20.0. The number of likely N-dealkylation sites (N-methyl/N-ethyl adjacent to an activating group) is 1. The second-order valence-corrected chi connectivity index (χ2v) is 8.98. The van der Waals surface area contributed by atoms with Crippen LogP contribution in [0.3, 0.4) is 0 Å². The molecule has 3 heterocycles. The predicted molar refractivity (Wildman–Crippen MR) is 136 cm³/mol. The van der Waals surface area contributed by atoms with Crippen LogP contribution in [0.5, 0.6) is 0 Å². The fourth-order valence-corrected chi connectivity index (χ4v) is 4.19. The SMILES string of the molecule is CN(C)CCNC(=O)c1ccc(-c2cc(F)c3ncc(Cc4ccc5ncccc5c4)n3c2)cc1F. The first-order valence-electron chi connectivity index (χ1n) is 11.6. The lowest BCUT2D eigenvalue weighted by atomic mass is 10.0. The third kappa shape index (κ3) is 4.81. The van der Waals surface area contributed by atoms with Crippen LogP contribution in [0.1, 0.15) is 21.6 Å². The minimum Gasteiger partial charge on any atom is -0.351 e. The summed E-state index contributed by atoms with van der Waals surface area (Å²) in [5.74, 6) is -1.65. The van der Waals surface area contributed by atoms with E-state index in [-0.39, 0.29) is 11.2 Å². The summed E-state index contributed by atoms with van der Waals surface area (Å²) >= 11 is 0. The Morgan fingerprint density at radius 2 is 1.83 bits per heavy atom. The third-order valence-electron chi connectivity index (χ3n) is 6.08. The maximum Gasteiger partial charge on any atom is 0.254 e. The lowest BCUT2D eigenvalue weighted by molar-refractivity contribution is 0.0947. The van der Waals surface area contributed by atoms with E-state index in [1.165, 1.54) is 18.2 Å². The molecule has 0 aliphatic rings. The van der Waals surface area contributed by atoms with Crippen LogP contribution in [0.2, 0.25) is 0 Å². The highest BCUT2D eigenvalue weighted by Gasteiger charge is 2.15. The minimum atomic E-state index is -0.661. The van der Waals surface area contributed by atoms with Crippen LogP contribution in [-0.4, -0.2) is 52.4 Å². The summed E-state index contributed by atoms with van der Waals surface area (Å²) < 4.78 is 31.5. The van der Waals surface area contributed by atoms with Gasteiger partial charge in [-0.2, -0.15) is 0 Å². The Morgan fingerprint density at radius 3 is 2.64 bits per heavy atom. The fraction of sp³-hybridized carbons (Fsp3) is 0.179. The van der Waals surface area contributed by atoms with Gasteiger partial charge < -0.3 is 14.6 Å². The third-order valence-corrected chi connectivity index (χ3v) is 6.08. The molecule has 2 aromatic carbocycles. The largest absolute Gasteiger partial charge is 0.351 e. The van der Waals surface area contributed by atoms with Gasteiger partial charge in [0, 0.05) is 54.7 Å². The molecule has 0 unspecified atom stereocenters. The number of carbonyl (C=O) groups excluding carboxylic acids is 1. The quantitative estimate of drug-likeness (QED) is 0.363. The van der Waals surface area contributed by atoms with Crippen molar-refractivity contribution in [3.63, 3.8) is 0 Å². The van der Waals surface area contributed by atoms with Crippen LogP contribution >= 0.6 is 0 Å². The first-order chi connectivity index (χ1) is 17.4. The molecule has 6 nitrogen and oxygen atoms in total. The van der Waals surface area contributed by atoms with Gasteiger partial charge in [0.1, 0.15) is 5.82 Å². The zero-order valence-electron chi connectivity index (χ0n) is 20.0. The number of nitrogens with one attached hydrogen (secondary N) is 1. The van der Waals surface area contributed by atoms with Gasteiger partial charge >= 0.3 is 0 Å².